The number of rotatable bonds is 6. The Labute approximate surface area is 166 Å². The van der Waals surface area contributed by atoms with Crippen molar-refractivity contribution >= 4 is 33.9 Å². The molecule has 1 saturated heterocycles. The molecule has 3 aromatic rings. The van der Waals surface area contributed by atoms with E-state index in [2.05, 4.69) is 9.97 Å². The van der Waals surface area contributed by atoms with E-state index < -0.39 is 0 Å². The first-order valence-corrected chi connectivity index (χ1v) is 9.78. The lowest BCUT2D eigenvalue weighted by molar-refractivity contribution is -0.125. The Hall–Kier alpha value is -3.00. The van der Waals surface area contributed by atoms with E-state index in [1.807, 2.05) is 49.4 Å². The van der Waals surface area contributed by atoms with Gasteiger partial charge in [0.05, 0.1) is 30.4 Å². The van der Waals surface area contributed by atoms with Gasteiger partial charge in [-0.05, 0) is 36.8 Å². The number of amides is 2. The molecular weight excluding hydrogens is 378 g/mol. The maximum Gasteiger partial charge on any atom is 0.289 e. The molecule has 1 aromatic heterocycles. The van der Waals surface area contributed by atoms with E-state index in [9.17, 15) is 9.59 Å². The standard InChI is InChI=1S/C20H19N3O4S/c1-12(19-21-16-8-7-15(26-2)9-17(16)22-19)27-14-5-3-13(4-6-14)10-23-18(24)11-28-20(23)25/h3-9,12H,10-11H2,1-2H3,(H,21,22). The zero-order valence-electron chi connectivity index (χ0n) is 15.5. The van der Waals surface area contributed by atoms with Crippen molar-refractivity contribution in [3.8, 4) is 11.5 Å². The number of hydrogen-bond acceptors (Lipinski definition) is 6. The summed E-state index contributed by atoms with van der Waals surface area (Å²) in [6.45, 7) is 2.20. The molecule has 2 amide bonds. The van der Waals surface area contributed by atoms with E-state index in [0.717, 1.165) is 39.9 Å². The fraction of sp³-hybridized carbons (Fsp3) is 0.250. The first kappa shape index (κ1) is 18.4. The first-order chi connectivity index (χ1) is 13.5. The van der Waals surface area contributed by atoms with Crippen LogP contribution in [0.5, 0.6) is 11.5 Å². The topological polar surface area (TPSA) is 84.5 Å². The predicted octanol–water partition coefficient (Wildman–Crippen LogP) is 3.91. The SMILES string of the molecule is COc1ccc2nc(C(C)Oc3ccc(CN4C(=O)CSC4=O)cc3)[nH]c2c1. The van der Waals surface area contributed by atoms with Crippen molar-refractivity contribution < 1.29 is 19.1 Å². The van der Waals surface area contributed by atoms with Crippen LogP contribution in [0.4, 0.5) is 4.79 Å². The van der Waals surface area contributed by atoms with Crippen LogP contribution in [-0.2, 0) is 11.3 Å². The molecule has 1 atom stereocenters. The van der Waals surface area contributed by atoms with Crippen molar-refractivity contribution in [2.75, 3.05) is 12.9 Å². The fourth-order valence-electron chi connectivity index (χ4n) is 2.98. The van der Waals surface area contributed by atoms with Gasteiger partial charge in [-0.1, -0.05) is 23.9 Å². The maximum absolute atomic E-state index is 11.7. The van der Waals surface area contributed by atoms with Gasteiger partial charge in [-0.15, -0.1) is 0 Å². The van der Waals surface area contributed by atoms with Crippen LogP contribution >= 0.6 is 11.8 Å². The number of aromatic amines is 1. The minimum atomic E-state index is -0.276. The number of aromatic nitrogens is 2. The Kier molecular flexibility index (Phi) is 4.95. The number of carbonyl (C=O) groups excluding carboxylic acids is 2. The van der Waals surface area contributed by atoms with Gasteiger partial charge < -0.3 is 14.5 Å². The first-order valence-electron chi connectivity index (χ1n) is 8.80. The van der Waals surface area contributed by atoms with E-state index in [1.54, 1.807) is 7.11 Å². The molecule has 4 rings (SSSR count). The van der Waals surface area contributed by atoms with Gasteiger partial charge in [-0.2, -0.15) is 0 Å². The van der Waals surface area contributed by atoms with Crippen molar-refractivity contribution in [2.24, 2.45) is 0 Å². The molecular formula is C20H19N3O4S. The zero-order valence-corrected chi connectivity index (χ0v) is 16.3. The van der Waals surface area contributed by atoms with E-state index in [4.69, 9.17) is 9.47 Å². The number of nitrogens with zero attached hydrogens (tertiary/aromatic N) is 2. The molecule has 0 saturated carbocycles. The normalized spacial score (nSPS) is 15.3. The van der Waals surface area contributed by atoms with Gasteiger partial charge in [0.15, 0.2) is 6.10 Å². The number of thioether (sulfide) groups is 1. The van der Waals surface area contributed by atoms with Crippen LogP contribution in [0.3, 0.4) is 0 Å². The van der Waals surface area contributed by atoms with E-state index in [-0.39, 0.29) is 29.5 Å². The number of methoxy groups -OCH3 is 1. The summed E-state index contributed by atoms with van der Waals surface area (Å²) in [4.78, 5) is 32.5. The third-order valence-electron chi connectivity index (χ3n) is 4.51. The summed E-state index contributed by atoms with van der Waals surface area (Å²) in [7, 11) is 1.63. The molecule has 1 aliphatic heterocycles. The van der Waals surface area contributed by atoms with Crippen LogP contribution in [-0.4, -0.2) is 38.9 Å². The van der Waals surface area contributed by atoms with Crippen LogP contribution in [0.1, 0.15) is 24.4 Å². The number of fused-ring (bicyclic) bond motifs is 1. The minimum absolute atomic E-state index is 0.148. The third-order valence-corrected chi connectivity index (χ3v) is 5.37. The van der Waals surface area contributed by atoms with Crippen molar-refractivity contribution in [1.82, 2.24) is 14.9 Å². The molecule has 1 aliphatic rings. The average molecular weight is 397 g/mol. The molecule has 2 heterocycles. The molecule has 1 N–H and O–H groups in total. The second-order valence-electron chi connectivity index (χ2n) is 6.44. The highest BCUT2D eigenvalue weighted by Crippen LogP contribution is 2.26. The highest BCUT2D eigenvalue weighted by molar-refractivity contribution is 8.14. The van der Waals surface area contributed by atoms with Gasteiger partial charge in [0.25, 0.3) is 5.24 Å². The molecule has 0 bridgehead atoms. The van der Waals surface area contributed by atoms with E-state index >= 15 is 0 Å². The molecule has 2 aromatic carbocycles. The Morgan fingerprint density at radius 3 is 2.61 bits per heavy atom. The number of imidazole rings is 1. The summed E-state index contributed by atoms with van der Waals surface area (Å²) in [5.41, 5.74) is 2.61. The molecule has 28 heavy (non-hydrogen) atoms. The highest BCUT2D eigenvalue weighted by atomic mass is 32.2. The Morgan fingerprint density at radius 1 is 1.18 bits per heavy atom. The lowest BCUT2D eigenvalue weighted by atomic mass is 10.2. The van der Waals surface area contributed by atoms with Gasteiger partial charge in [-0.25, -0.2) is 4.98 Å². The molecule has 1 fully saturated rings. The summed E-state index contributed by atoms with van der Waals surface area (Å²) in [6.07, 6.45) is -0.276. The minimum Gasteiger partial charge on any atom is -0.497 e. The number of ether oxygens (including phenoxy) is 2. The quantitative estimate of drug-likeness (QED) is 0.679. The van der Waals surface area contributed by atoms with Crippen LogP contribution in [0.15, 0.2) is 42.5 Å². The molecule has 0 aliphatic carbocycles. The molecule has 8 heteroatoms. The highest BCUT2D eigenvalue weighted by Gasteiger charge is 2.29. The predicted molar refractivity (Wildman–Crippen MR) is 107 cm³/mol. The number of nitrogens with one attached hydrogen (secondary N) is 1. The summed E-state index contributed by atoms with van der Waals surface area (Å²) >= 11 is 1.04. The second-order valence-corrected chi connectivity index (χ2v) is 7.37. The van der Waals surface area contributed by atoms with Crippen molar-refractivity contribution in [3.05, 3.63) is 53.9 Å². The van der Waals surface area contributed by atoms with Crippen molar-refractivity contribution in [3.63, 3.8) is 0 Å². The van der Waals surface area contributed by atoms with Gasteiger partial charge in [0.2, 0.25) is 5.91 Å². The Bertz CT molecular complexity index is 1020. The van der Waals surface area contributed by atoms with Gasteiger partial charge in [0.1, 0.15) is 17.3 Å². The number of imide groups is 1. The van der Waals surface area contributed by atoms with Gasteiger partial charge in [-0.3, -0.25) is 14.5 Å². The zero-order chi connectivity index (χ0) is 19.7. The number of carbonyl (C=O) groups is 2. The lowest BCUT2D eigenvalue weighted by Crippen LogP contribution is -2.27. The second kappa shape index (κ2) is 7.55. The summed E-state index contributed by atoms with van der Waals surface area (Å²) < 4.78 is 11.2. The van der Waals surface area contributed by atoms with Crippen molar-refractivity contribution in [1.29, 1.82) is 0 Å². The monoisotopic (exact) mass is 397 g/mol. The summed E-state index contributed by atoms with van der Waals surface area (Å²) in [5, 5.41) is -0.194. The van der Waals surface area contributed by atoms with E-state index in [0.29, 0.717) is 5.75 Å². The summed E-state index contributed by atoms with van der Waals surface area (Å²) in [5.74, 6) is 2.24. The van der Waals surface area contributed by atoms with Gasteiger partial charge >= 0.3 is 0 Å². The van der Waals surface area contributed by atoms with Gasteiger partial charge in [0, 0.05) is 6.07 Å². The summed E-state index contributed by atoms with van der Waals surface area (Å²) in [6, 6.07) is 13.0. The molecule has 1 unspecified atom stereocenters. The number of hydrogen-bond donors (Lipinski definition) is 1. The number of H-pyrrole nitrogens is 1. The molecule has 144 valence electrons. The smallest absolute Gasteiger partial charge is 0.289 e. The number of benzene rings is 2. The average Bonchev–Trinajstić information content (AvgIpc) is 3.27. The van der Waals surface area contributed by atoms with Crippen LogP contribution in [0.2, 0.25) is 0 Å². The van der Waals surface area contributed by atoms with Crippen LogP contribution < -0.4 is 9.47 Å². The largest absolute Gasteiger partial charge is 0.497 e. The lowest BCUT2D eigenvalue weighted by Gasteiger charge is -2.15. The molecule has 0 spiro atoms. The van der Waals surface area contributed by atoms with Crippen LogP contribution in [0, 0.1) is 0 Å². The molecule has 7 nitrogen and oxygen atoms in total. The van der Waals surface area contributed by atoms with Crippen molar-refractivity contribution in [2.45, 2.75) is 19.6 Å². The van der Waals surface area contributed by atoms with Crippen LogP contribution in [0.25, 0.3) is 11.0 Å². The molecule has 0 radical (unpaired) electrons. The Balaban J connectivity index is 1.43. The third kappa shape index (κ3) is 3.68. The maximum atomic E-state index is 11.7. The van der Waals surface area contributed by atoms with E-state index in [1.165, 1.54) is 4.90 Å². The Morgan fingerprint density at radius 2 is 1.93 bits per heavy atom. The fourth-order valence-corrected chi connectivity index (χ4v) is 3.70.